The predicted octanol–water partition coefficient (Wildman–Crippen LogP) is 10.6. The van der Waals surface area contributed by atoms with E-state index in [1.807, 2.05) is 0 Å². The van der Waals surface area contributed by atoms with Gasteiger partial charge >= 0.3 is 0 Å². The molecule has 3 heteroatoms. The van der Waals surface area contributed by atoms with Crippen molar-refractivity contribution in [3.05, 3.63) is 24.3 Å². The summed E-state index contributed by atoms with van der Waals surface area (Å²) in [4.78, 5) is 2.37. The van der Waals surface area contributed by atoms with Crippen molar-refractivity contribution in [1.82, 2.24) is 4.90 Å². The lowest BCUT2D eigenvalue weighted by Gasteiger charge is -2.19. The second kappa shape index (κ2) is 27.9. The van der Waals surface area contributed by atoms with Crippen molar-refractivity contribution in [2.24, 2.45) is 5.92 Å². The van der Waals surface area contributed by atoms with E-state index >= 15 is 0 Å². The number of unbranched alkanes of at least 4 members (excludes halogenated alkanes) is 15. The fourth-order valence-corrected chi connectivity index (χ4v) is 5.50. The summed E-state index contributed by atoms with van der Waals surface area (Å²) < 4.78 is 11.1. The van der Waals surface area contributed by atoms with E-state index in [4.69, 9.17) is 9.47 Å². The van der Waals surface area contributed by atoms with E-state index in [9.17, 15) is 0 Å². The van der Waals surface area contributed by atoms with Crippen LogP contribution < -0.4 is 0 Å². The molecule has 1 aliphatic rings. The molecule has 0 amide bonds. The normalized spacial score (nSPS) is 15.6. The Morgan fingerprint density at radius 3 is 1.66 bits per heavy atom. The van der Waals surface area contributed by atoms with Gasteiger partial charge in [-0.15, -0.1) is 0 Å². The molecule has 3 nitrogen and oxygen atoms in total. The predicted molar refractivity (Wildman–Crippen MR) is 168 cm³/mol. The largest absolute Gasteiger partial charge is 0.350 e. The molecule has 0 saturated carbocycles. The first-order valence-corrected chi connectivity index (χ1v) is 16.9. The molecule has 1 atom stereocenters. The highest BCUT2D eigenvalue weighted by molar-refractivity contribution is 4.92. The van der Waals surface area contributed by atoms with Gasteiger partial charge in [-0.1, -0.05) is 128 Å². The number of allylic oxidation sites excluding steroid dienone is 4. The van der Waals surface area contributed by atoms with Crippen LogP contribution in [0.25, 0.3) is 0 Å². The van der Waals surface area contributed by atoms with Crippen LogP contribution >= 0.6 is 0 Å². The summed E-state index contributed by atoms with van der Waals surface area (Å²) in [7, 11) is 4.45. The minimum atomic E-state index is 0.0947. The molecule has 1 saturated heterocycles. The summed E-state index contributed by atoms with van der Waals surface area (Å²) in [5.41, 5.74) is 0. The molecular weight excluding hydrogens is 466 g/mol. The Bertz CT molecular complexity index is 524. The van der Waals surface area contributed by atoms with Crippen molar-refractivity contribution in [2.45, 2.75) is 161 Å². The smallest absolute Gasteiger partial charge is 0.157 e. The van der Waals surface area contributed by atoms with Gasteiger partial charge in [0.05, 0.1) is 13.2 Å². The van der Waals surface area contributed by atoms with Crippen LogP contribution in [0.3, 0.4) is 0 Å². The molecule has 1 heterocycles. The molecular formula is C35H67NO2. The van der Waals surface area contributed by atoms with Gasteiger partial charge in [0.25, 0.3) is 0 Å². The average molecular weight is 534 g/mol. The van der Waals surface area contributed by atoms with E-state index in [0.717, 1.165) is 32.0 Å². The first-order chi connectivity index (χ1) is 18.7. The van der Waals surface area contributed by atoms with Gasteiger partial charge in [0.15, 0.2) is 6.29 Å². The Hall–Kier alpha value is -0.640. The Kier molecular flexibility index (Phi) is 26.0. The van der Waals surface area contributed by atoms with Crippen LogP contribution in [0.15, 0.2) is 24.3 Å². The van der Waals surface area contributed by atoms with Crippen LogP contribution in [0.4, 0.5) is 0 Å². The van der Waals surface area contributed by atoms with Crippen molar-refractivity contribution >= 4 is 0 Å². The Morgan fingerprint density at radius 2 is 1.11 bits per heavy atom. The van der Waals surface area contributed by atoms with Gasteiger partial charge in [-0.25, -0.2) is 0 Å². The van der Waals surface area contributed by atoms with Gasteiger partial charge in [0.2, 0.25) is 0 Å². The first kappa shape index (κ1) is 35.4. The standard InChI is InChI=1S/C35H67NO2/c1-4-5-6-7-8-9-10-11-12-13-14-15-16-17-18-21-24-27-34(30-31-36(2)3)28-25-22-19-20-23-26-29-35-37-32-33-38-35/h8-9,11-12,34-35H,4-7,10,13-33H2,1-3H3. The van der Waals surface area contributed by atoms with E-state index in [0.29, 0.717) is 0 Å². The lowest BCUT2D eigenvalue weighted by Crippen LogP contribution is -2.17. The molecule has 0 aromatic heterocycles. The average Bonchev–Trinajstić information content (AvgIpc) is 3.43. The fourth-order valence-electron chi connectivity index (χ4n) is 5.50. The number of ether oxygens (including phenoxy) is 2. The Balaban J connectivity index is 1.93. The fraction of sp³-hybridized carbons (Fsp3) is 0.886. The van der Waals surface area contributed by atoms with Crippen molar-refractivity contribution in [3.63, 3.8) is 0 Å². The van der Waals surface area contributed by atoms with Crippen LogP contribution in [-0.4, -0.2) is 45.0 Å². The molecule has 38 heavy (non-hydrogen) atoms. The summed E-state index contributed by atoms with van der Waals surface area (Å²) in [5, 5.41) is 0. The molecule has 224 valence electrons. The van der Waals surface area contributed by atoms with Gasteiger partial charge in [-0.3, -0.25) is 0 Å². The molecule has 1 rings (SSSR count). The number of rotatable bonds is 28. The molecule has 1 unspecified atom stereocenters. The van der Waals surface area contributed by atoms with E-state index in [2.05, 4.69) is 50.2 Å². The summed E-state index contributed by atoms with van der Waals surface area (Å²) >= 11 is 0. The molecule has 0 aromatic carbocycles. The second-order valence-corrected chi connectivity index (χ2v) is 12.1. The third-order valence-corrected chi connectivity index (χ3v) is 8.04. The van der Waals surface area contributed by atoms with Gasteiger partial charge in [0.1, 0.15) is 0 Å². The maximum Gasteiger partial charge on any atom is 0.157 e. The molecule has 1 aliphatic heterocycles. The van der Waals surface area contributed by atoms with Crippen LogP contribution in [-0.2, 0) is 9.47 Å². The quantitative estimate of drug-likeness (QED) is 0.0737. The minimum absolute atomic E-state index is 0.0947. The zero-order valence-electron chi connectivity index (χ0n) is 26.1. The van der Waals surface area contributed by atoms with E-state index in [1.54, 1.807) is 0 Å². The third-order valence-electron chi connectivity index (χ3n) is 8.04. The van der Waals surface area contributed by atoms with Crippen LogP contribution in [0.5, 0.6) is 0 Å². The van der Waals surface area contributed by atoms with Gasteiger partial charge in [-0.05, 0) is 77.9 Å². The molecule has 0 aliphatic carbocycles. The summed E-state index contributed by atoms with van der Waals surface area (Å²) in [6.07, 6.45) is 40.8. The third kappa shape index (κ3) is 24.4. The van der Waals surface area contributed by atoms with Crippen molar-refractivity contribution in [3.8, 4) is 0 Å². The minimum Gasteiger partial charge on any atom is -0.350 e. The highest BCUT2D eigenvalue weighted by atomic mass is 16.7. The highest BCUT2D eigenvalue weighted by Crippen LogP contribution is 2.23. The van der Waals surface area contributed by atoms with E-state index < -0.39 is 0 Å². The number of hydrogen-bond acceptors (Lipinski definition) is 3. The highest BCUT2D eigenvalue weighted by Gasteiger charge is 2.14. The van der Waals surface area contributed by atoms with E-state index in [1.165, 1.54) is 141 Å². The maximum atomic E-state index is 5.53. The lowest BCUT2D eigenvalue weighted by atomic mass is 9.91. The molecule has 0 N–H and O–H groups in total. The summed E-state index contributed by atoms with van der Waals surface area (Å²) in [6.45, 7) is 5.09. The maximum absolute atomic E-state index is 5.53. The van der Waals surface area contributed by atoms with Crippen molar-refractivity contribution in [2.75, 3.05) is 33.9 Å². The lowest BCUT2D eigenvalue weighted by molar-refractivity contribution is -0.0480. The van der Waals surface area contributed by atoms with Crippen LogP contribution in [0, 0.1) is 5.92 Å². The summed E-state index contributed by atoms with van der Waals surface area (Å²) in [5.74, 6) is 0.937. The second-order valence-electron chi connectivity index (χ2n) is 12.1. The first-order valence-electron chi connectivity index (χ1n) is 16.9. The van der Waals surface area contributed by atoms with Crippen LogP contribution in [0.1, 0.15) is 155 Å². The molecule has 0 radical (unpaired) electrons. The van der Waals surface area contributed by atoms with Gasteiger partial charge in [-0.2, -0.15) is 0 Å². The zero-order valence-corrected chi connectivity index (χ0v) is 26.1. The number of hydrogen-bond donors (Lipinski definition) is 0. The summed E-state index contributed by atoms with van der Waals surface area (Å²) in [6, 6.07) is 0. The van der Waals surface area contributed by atoms with Crippen molar-refractivity contribution < 1.29 is 9.47 Å². The van der Waals surface area contributed by atoms with Gasteiger partial charge in [0, 0.05) is 0 Å². The molecule has 0 aromatic rings. The SMILES string of the molecule is CCCCCC=CCC=CCCCCCCCCCC(CCCCCCCCC1OCCO1)CCN(C)C. The Labute approximate surface area is 239 Å². The molecule has 0 bridgehead atoms. The topological polar surface area (TPSA) is 21.7 Å². The van der Waals surface area contributed by atoms with Crippen molar-refractivity contribution in [1.29, 1.82) is 0 Å². The van der Waals surface area contributed by atoms with Crippen LogP contribution in [0.2, 0.25) is 0 Å². The monoisotopic (exact) mass is 534 g/mol. The molecule has 0 spiro atoms. The molecule has 1 fully saturated rings. The zero-order chi connectivity index (χ0) is 27.4. The number of nitrogens with zero attached hydrogens (tertiary/aromatic N) is 1. The Morgan fingerprint density at radius 1 is 0.605 bits per heavy atom. The van der Waals surface area contributed by atoms with E-state index in [-0.39, 0.29) is 6.29 Å². The van der Waals surface area contributed by atoms with Gasteiger partial charge < -0.3 is 14.4 Å².